The molecular weight excluding hydrogens is 294 g/mol. The molecule has 1 aliphatic heterocycles. The monoisotopic (exact) mass is 309 g/mol. The molecule has 1 heterocycles. The topological polar surface area (TPSA) is 69.4 Å². The zero-order valence-electron chi connectivity index (χ0n) is 10.9. The molecular formula is C14H15NO3S2. The predicted molar refractivity (Wildman–Crippen MR) is 81.8 cm³/mol. The van der Waals surface area contributed by atoms with Crippen LogP contribution in [0.2, 0.25) is 0 Å². The number of ether oxygens (including phenoxy) is 1. The maximum atomic E-state index is 11.0. The maximum Gasteiger partial charge on any atom is 0.177 e. The van der Waals surface area contributed by atoms with E-state index in [0.29, 0.717) is 5.69 Å². The average molecular weight is 309 g/mol. The Morgan fingerprint density at radius 1 is 1.10 bits per heavy atom. The van der Waals surface area contributed by atoms with E-state index in [4.69, 9.17) is 10.5 Å². The molecule has 0 fully saturated rings. The normalized spacial score (nSPS) is 12.8. The molecule has 0 unspecified atom stereocenters. The molecule has 2 aromatic rings. The van der Waals surface area contributed by atoms with Crippen molar-refractivity contribution in [2.45, 2.75) is 9.79 Å². The highest BCUT2D eigenvalue weighted by Crippen LogP contribution is 2.34. The van der Waals surface area contributed by atoms with Gasteiger partial charge in [0.25, 0.3) is 0 Å². The van der Waals surface area contributed by atoms with Crippen LogP contribution in [0.4, 0.5) is 5.69 Å². The Morgan fingerprint density at radius 3 is 2.35 bits per heavy atom. The second-order valence-corrected chi connectivity index (χ2v) is 7.11. The van der Waals surface area contributed by atoms with Crippen molar-refractivity contribution < 1.29 is 13.2 Å². The molecule has 4 nitrogen and oxygen atoms in total. The lowest BCUT2D eigenvalue weighted by atomic mass is 10.3. The molecule has 0 radical (unpaired) electrons. The standard InChI is InChI=1S/C7H9NO2S.C7H6OS/c1-11(9,10)7-5-3-2-4-6(7)8;1-2-4-7-6(3-1)8-5-9-7/h2-5H,8H2,1H3;1-4H,5H2. The third-order valence-electron chi connectivity index (χ3n) is 2.60. The summed E-state index contributed by atoms with van der Waals surface area (Å²) in [6, 6.07) is 14.5. The Hall–Kier alpha value is -1.66. The van der Waals surface area contributed by atoms with Crippen LogP contribution < -0.4 is 10.5 Å². The van der Waals surface area contributed by atoms with Gasteiger partial charge in [-0.05, 0) is 24.3 Å². The minimum atomic E-state index is -3.16. The summed E-state index contributed by atoms with van der Waals surface area (Å²) in [6.07, 6.45) is 1.14. The van der Waals surface area contributed by atoms with Gasteiger partial charge in [0.15, 0.2) is 9.84 Å². The molecule has 0 bridgehead atoms. The lowest BCUT2D eigenvalue weighted by molar-refractivity contribution is 0.397. The van der Waals surface area contributed by atoms with Gasteiger partial charge in [-0.3, -0.25) is 0 Å². The minimum absolute atomic E-state index is 0.194. The number of hydrogen-bond donors (Lipinski definition) is 1. The van der Waals surface area contributed by atoms with E-state index in [2.05, 4.69) is 6.07 Å². The van der Waals surface area contributed by atoms with Crippen LogP contribution in [0.25, 0.3) is 0 Å². The van der Waals surface area contributed by atoms with E-state index in [1.807, 2.05) is 18.2 Å². The highest BCUT2D eigenvalue weighted by Gasteiger charge is 2.09. The van der Waals surface area contributed by atoms with E-state index in [1.54, 1.807) is 30.0 Å². The Balaban J connectivity index is 0.000000149. The quantitative estimate of drug-likeness (QED) is 0.820. The molecule has 2 aromatic carbocycles. The van der Waals surface area contributed by atoms with Crippen molar-refractivity contribution in [3.05, 3.63) is 48.5 Å². The fraction of sp³-hybridized carbons (Fsp3) is 0.143. The van der Waals surface area contributed by atoms with Crippen LogP contribution in [0.5, 0.6) is 5.75 Å². The van der Waals surface area contributed by atoms with Gasteiger partial charge in [0.05, 0.1) is 15.5 Å². The van der Waals surface area contributed by atoms with Crippen molar-refractivity contribution in [2.75, 3.05) is 17.9 Å². The van der Waals surface area contributed by atoms with Crippen molar-refractivity contribution in [3.8, 4) is 5.75 Å². The molecule has 0 saturated carbocycles. The maximum absolute atomic E-state index is 11.0. The third kappa shape index (κ3) is 3.68. The molecule has 0 aliphatic carbocycles. The molecule has 0 aromatic heterocycles. The van der Waals surface area contributed by atoms with Gasteiger partial charge in [0.1, 0.15) is 11.7 Å². The van der Waals surface area contributed by atoms with Gasteiger partial charge in [0.2, 0.25) is 0 Å². The Labute approximate surface area is 122 Å². The van der Waals surface area contributed by atoms with E-state index in [0.717, 1.165) is 17.9 Å². The molecule has 0 atom stereocenters. The molecule has 0 amide bonds. The van der Waals surface area contributed by atoms with E-state index in [9.17, 15) is 8.42 Å². The lowest BCUT2D eigenvalue weighted by Gasteiger charge is -2.00. The van der Waals surface area contributed by atoms with Crippen LogP contribution in [0.1, 0.15) is 0 Å². The molecule has 1 aliphatic rings. The third-order valence-corrected chi connectivity index (χ3v) is 4.65. The molecule has 6 heteroatoms. The van der Waals surface area contributed by atoms with Gasteiger partial charge in [-0.25, -0.2) is 8.42 Å². The fourth-order valence-electron chi connectivity index (χ4n) is 1.66. The van der Waals surface area contributed by atoms with E-state index >= 15 is 0 Å². The van der Waals surface area contributed by atoms with Crippen LogP contribution in [0.3, 0.4) is 0 Å². The summed E-state index contributed by atoms with van der Waals surface area (Å²) in [5.74, 6) is 1.81. The van der Waals surface area contributed by atoms with E-state index in [-0.39, 0.29) is 4.90 Å². The lowest BCUT2D eigenvalue weighted by Crippen LogP contribution is -2.01. The van der Waals surface area contributed by atoms with E-state index in [1.165, 1.54) is 11.0 Å². The summed E-state index contributed by atoms with van der Waals surface area (Å²) in [4.78, 5) is 1.46. The summed E-state index contributed by atoms with van der Waals surface area (Å²) < 4.78 is 27.2. The summed E-state index contributed by atoms with van der Waals surface area (Å²) in [5, 5.41) is 0. The molecule has 2 N–H and O–H groups in total. The number of nitrogen functional groups attached to an aromatic ring is 1. The van der Waals surface area contributed by atoms with Gasteiger partial charge >= 0.3 is 0 Å². The molecule has 106 valence electrons. The fourth-order valence-corrected chi connectivity index (χ4v) is 3.24. The summed E-state index contributed by atoms with van der Waals surface area (Å²) in [6.45, 7) is 0. The van der Waals surface area contributed by atoms with Crippen molar-refractivity contribution >= 4 is 27.3 Å². The molecule has 0 saturated heterocycles. The number of fused-ring (bicyclic) bond motifs is 1. The largest absolute Gasteiger partial charge is 0.481 e. The second-order valence-electron chi connectivity index (χ2n) is 4.16. The number of anilines is 1. The summed E-state index contributed by atoms with van der Waals surface area (Å²) in [5.41, 5.74) is 5.73. The Kier molecular flexibility index (Phi) is 4.57. The highest BCUT2D eigenvalue weighted by molar-refractivity contribution is 7.99. The SMILES string of the molecule is CS(=O)(=O)c1ccccc1N.c1ccc2c(c1)OCS2. The van der Waals surface area contributed by atoms with E-state index < -0.39 is 9.84 Å². The summed E-state index contributed by atoms with van der Waals surface area (Å²) >= 11 is 1.75. The average Bonchev–Trinajstić information content (AvgIpc) is 2.87. The summed E-state index contributed by atoms with van der Waals surface area (Å²) in [7, 11) is -3.16. The van der Waals surface area contributed by atoms with Crippen molar-refractivity contribution in [1.82, 2.24) is 0 Å². The second kappa shape index (κ2) is 6.19. The zero-order valence-corrected chi connectivity index (χ0v) is 12.6. The minimum Gasteiger partial charge on any atom is -0.481 e. The first-order chi connectivity index (χ1) is 9.48. The number of nitrogens with two attached hydrogens (primary N) is 1. The number of benzene rings is 2. The van der Waals surface area contributed by atoms with Gasteiger partial charge in [-0.15, -0.1) is 0 Å². The smallest absolute Gasteiger partial charge is 0.177 e. The number of sulfone groups is 1. The molecule has 0 spiro atoms. The van der Waals surface area contributed by atoms with Crippen LogP contribution in [0.15, 0.2) is 58.3 Å². The van der Waals surface area contributed by atoms with Gasteiger partial charge in [0, 0.05) is 6.26 Å². The zero-order chi connectivity index (χ0) is 14.6. The van der Waals surface area contributed by atoms with Crippen LogP contribution in [-0.4, -0.2) is 20.6 Å². The van der Waals surface area contributed by atoms with Crippen molar-refractivity contribution in [3.63, 3.8) is 0 Å². The number of thioether (sulfide) groups is 1. The Morgan fingerprint density at radius 2 is 1.75 bits per heavy atom. The van der Waals surface area contributed by atoms with Gasteiger partial charge < -0.3 is 10.5 Å². The van der Waals surface area contributed by atoms with Gasteiger partial charge in [-0.2, -0.15) is 0 Å². The first kappa shape index (κ1) is 14.7. The molecule has 3 rings (SSSR count). The number of para-hydroxylation sites is 2. The number of hydrogen-bond acceptors (Lipinski definition) is 5. The number of rotatable bonds is 1. The molecule has 20 heavy (non-hydrogen) atoms. The van der Waals surface area contributed by atoms with Crippen LogP contribution in [0, 0.1) is 0 Å². The highest BCUT2D eigenvalue weighted by atomic mass is 32.2. The van der Waals surface area contributed by atoms with Crippen LogP contribution in [-0.2, 0) is 9.84 Å². The van der Waals surface area contributed by atoms with Gasteiger partial charge in [-0.1, -0.05) is 36.0 Å². The van der Waals surface area contributed by atoms with Crippen molar-refractivity contribution in [2.24, 2.45) is 0 Å². The first-order valence-electron chi connectivity index (χ1n) is 5.87. The first-order valence-corrected chi connectivity index (χ1v) is 8.75. The Bertz CT molecular complexity index is 676. The van der Waals surface area contributed by atoms with Crippen molar-refractivity contribution in [1.29, 1.82) is 0 Å². The van der Waals surface area contributed by atoms with Crippen LogP contribution >= 0.6 is 11.8 Å². The predicted octanol–water partition coefficient (Wildman–Crippen LogP) is 2.80.